The van der Waals surface area contributed by atoms with Crippen molar-refractivity contribution >= 4 is 11.7 Å². The van der Waals surface area contributed by atoms with E-state index in [0.717, 1.165) is 24.1 Å². The summed E-state index contributed by atoms with van der Waals surface area (Å²) in [6, 6.07) is 6.86. The Morgan fingerprint density at radius 1 is 1.26 bits per heavy atom. The SMILES string of the molecule is C=C1NC2=C(C(=O)CCC2)C(c2cccc(O)c2)C1C(=O)N1CCOCC1. The van der Waals surface area contributed by atoms with Crippen molar-refractivity contribution in [1.82, 2.24) is 10.2 Å². The van der Waals surface area contributed by atoms with Crippen molar-refractivity contribution in [3.63, 3.8) is 0 Å². The maximum Gasteiger partial charge on any atom is 0.232 e. The number of phenolic OH excluding ortho intramolecular Hbond substituents is 1. The fourth-order valence-corrected chi connectivity index (χ4v) is 4.34. The highest BCUT2D eigenvalue weighted by atomic mass is 16.5. The van der Waals surface area contributed by atoms with Crippen LogP contribution in [-0.2, 0) is 14.3 Å². The Morgan fingerprint density at radius 3 is 2.78 bits per heavy atom. The van der Waals surface area contributed by atoms with Gasteiger partial charge in [-0.15, -0.1) is 0 Å². The van der Waals surface area contributed by atoms with Crippen molar-refractivity contribution < 1.29 is 19.4 Å². The van der Waals surface area contributed by atoms with Crippen molar-refractivity contribution in [1.29, 1.82) is 0 Å². The lowest BCUT2D eigenvalue weighted by Gasteiger charge is -2.41. The number of carbonyl (C=O) groups is 2. The van der Waals surface area contributed by atoms with Crippen LogP contribution in [0.1, 0.15) is 30.7 Å². The van der Waals surface area contributed by atoms with E-state index in [2.05, 4.69) is 11.9 Å². The predicted molar refractivity (Wildman–Crippen MR) is 99.9 cm³/mol. The van der Waals surface area contributed by atoms with Crippen molar-refractivity contribution in [2.75, 3.05) is 26.3 Å². The summed E-state index contributed by atoms with van der Waals surface area (Å²) >= 11 is 0. The van der Waals surface area contributed by atoms with Crippen LogP contribution >= 0.6 is 0 Å². The lowest BCUT2D eigenvalue weighted by molar-refractivity contribution is -0.139. The second-order valence-electron chi connectivity index (χ2n) is 7.31. The molecule has 2 atom stereocenters. The first-order valence-electron chi connectivity index (χ1n) is 9.44. The van der Waals surface area contributed by atoms with Gasteiger partial charge in [0, 0.05) is 42.4 Å². The molecule has 1 aromatic carbocycles. The molecular weight excluding hydrogens is 344 g/mol. The minimum absolute atomic E-state index is 0.0472. The van der Waals surface area contributed by atoms with Crippen LogP contribution in [0.25, 0.3) is 0 Å². The number of phenols is 1. The van der Waals surface area contributed by atoms with Crippen molar-refractivity contribution in [2.45, 2.75) is 25.2 Å². The molecule has 1 aromatic rings. The second-order valence-corrected chi connectivity index (χ2v) is 7.31. The highest BCUT2D eigenvalue weighted by molar-refractivity contribution is 6.00. The molecular formula is C21H24N2O4. The standard InChI is InChI=1S/C21H24N2O4/c1-13-18(21(26)23-8-10-27-11-9-23)19(14-4-2-5-15(24)12-14)20-16(22-13)6-3-7-17(20)25/h2,4-5,12,18-19,22,24H,1,3,6-11H2. The summed E-state index contributed by atoms with van der Waals surface area (Å²) in [4.78, 5) is 28.0. The Bertz CT molecular complexity index is 823. The van der Waals surface area contributed by atoms with E-state index in [9.17, 15) is 14.7 Å². The molecule has 1 fully saturated rings. The summed E-state index contributed by atoms with van der Waals surface area (Å²) in [5.74, 6) is -0.854. The Kier molecular flexibility index (Phi) is 4.74. The lowest BCUT2D eigenvalue weighted by atomic mass is 9.71. The summed E-state index contributed by atoms with van der Waals surface area (Å²) < 4.78 is 5.37. The first-order chi connectivity index (χ1) is 13.1. The fourth-order valence-electron chi connectivity index (χ4n) is 4.34. The molecule has 1 aliphatic carbocycles. The van der Waals surface area contributed by atoms with Gasteiger partial charge in [0.2, 0.25) is 5.91 Å². The number of benzene rings is 1. The van der Waals surface area contributed by atoms with Crippen LogP contribution in [0.3, 0.4) is 0 Å². The number of hydrogen-bond acceptors (Lipinski definition) is 5. The van der Waals surface area contributed by atoms with Crippen LogP contribution in [0.4, 0.5) is 0 Å². The Hall–Kier alpha value is -2.60. The number of aromatic hydroxyl groups is 1. The number of carbonyl (C=O) groups excluding carboxylic acids is 2. The normalized spacial score (nSPS) is 25.9. The number of rotatable bonds is 2. The zero-order valence-corrected chi connectivity index (χ0v) is 15.2. The molecule has 0 saturated carbocycles. The zero-order chi connectivity index (χ0) is 19.0. The number of allylic oxidation sites excluding steroid dienone is 2. The summed E-state index contributed by atoms with van der Waals surface area (Å²) in [5, 5.41) is 13.3. The third-order valence-electron chi connectivity index (χ3n) is 5.61. The molecule has 2 N–H and O–H groups in total. The summed E-state index contributed by atoms with van der Waals surface area (Å²) in [6.07, 6.45) is 2.06. The van der Waals surface area contributed by atoms with Gasteiger partial charge in [-0.2, -0.15) is 0 Å². The van der Waals surface area contributed by atoms with Crippen LogP contribution in [0.2, 0.25) is 0 Å². The molecule has 2 unspecified atom stereocenters. The number of morpholine rings is 1. The first-order valence-corrected chi connectivity index (χ1v) is 9.44. The van der Waals surface area contributed by atoms with E-state index in [-0.39, 0.29) is 17.4 Å². The quantitative estimate of drug-likeness (QED) is 0.836. The van der Waals surface area contributed by atoms with Gasteiger partial charge in [-0.25, -0.2) is 0 Å². The van der Waals surface area contributed by atoms with Gasteiger partial charge < -0.3 is 20.1 Å². The first kappa shape index (κ1) is 17.8. The highest BCUT2D eigenvalue weighted by Gasteiger charge is 2.44. The van der Waals surface area contributed by atoms with Gasteiger partial charge in [0.25, 0.3) is 0 Å². The molecule has 3 aliphatic rings. The average molecular weight is 368 g/mol. The van der Waals surface area contributed by atoms with Gasteiger partial charge in [0.1, 0.15) is 5.75 Å². The molecule has 1 amide bonds. The van der Waals surface area contributed by atoms with E-state index in [1.807, 2.05) is 6.07 Å². The number of nitrogens with one attached hydrogen (secondary N) is 1. The Balaban J connectivity index is 1.80. The molecule has 0 radical (unpaired) electrons. The predicted octanol–water partition coefficient (Wildman–Crippen LogP) is 2.07. The summed E-state index contributed by atoms with van der Waals surface area (Å²) in [7, 11) is 0. The number of ketones is 1. The van der Waals surface area contributed by atoms with Crippen LogP contribution in [-0.4, -0.2) is 48.0 Å². The largest absolute Gasteiger partial charge is 0.508 e. The van der Waals surface area contributed by atoms with Gasteiger partial charge in [0.05, 0.1) is 19.1 Å². The molecule has 2 aliphatic heterocycles. The molecule has 0 bridgehead atoms. The van der Waals surface area contributed by atoms with Gasteiger partial charge in [-0.1, -0.05) is 18.7 Å². The molecule has 4 rings (SSSR count). The third-order valence-corrected chi connectivity index (χ3v) is 5.61. The summed E-state index contributed by atoms with van der Waals surface area (Å²) in [5.41, 5.74) is 2.93. The topological polar surface area (TPSA) is 78.9 Å². The minimum atomic E-state index is -0.578. The molecule has 1 saturated heterocycles. The van der Waals surface area contributed by atoms with E-state index in [4.69, 9.17) is 4.74 Å². The number of ether oxygens (including phenoxy) is 1. The molecule has 27 heavy (non-hydrogen) atoms. The smallest absolute Gasteiger partial charge is 0.232 e. The van der Waals surface area contributed by atoms with E-state index in [1.165, 1.54) is 0 Å². The van der Waals surface area contributed by atoms with Crippen molar-refractivity contribution in [3.8, 4) is 5.75 Å². The van der Waals surface area contributed by atoms with Gasteiger partial charge in [-0.05, 0) is 30.5 Å². The maximum absolute atomic E-state index is 13.4. The fraction of sp³-hybridized carbons (Fsp3) is 0.429. The van der Waals surface area contributed by atoms with E-state index in [0.29, 0.717) is 44.0 Å². The second kappa shape index (κ2) is 7.19. The van der Waals surface area contributed by atoms with Gasteiger partial charge in [-0.3, -0.25) is 9.59 Å². The Labute approximate surface area is 158 Å². The molecule has 6 heteroatoms. The molecule has 0 aromatic heterocycles. The molecule has 0 spiro atoms. The average Bonchev–Trinajstić information content (AvgIpc) is 2.67. The van der Waals surface area contributed by atoms with Gasteiger partial charge in [0.15, 0.2) is 5.78 Å². The highest BCUT2D eigenvalue weighted by Crippen LogP contribution is 2.45. The number of Topliss-reactive ketones (excluding diaryl/α,β-unsaturated/α-hetero) is 1. The summed E-state index contributed by atoms with van der Waals surface area (Å²) in [6.45, 7) is 6.23. The molecule has 6 nitrogen and oxygen atoms in total. The van der Waals surface area contributed by atoms with Crippen molar-refractivity contribution in [2.24, 2.45) is 5.92 Å². The van der Waals surface area contributed by atoms with E-state index >= 15 is 0 Å². The molecule has 142 valence electrons. The third kappa shape index (κ3) is 3.25. The Morgan fingerprint density at radius 2 is 2.04 bits per heavy atom. The lowest BCUT2D eigenvalue weighted by Crippen LogP contribution is -2.49. The van der Waals surface area contributed by atoms with E-state index < -0.39 is 11.8 Å². The molecule has 2 heterocycles. The number of nitrogens with zero attached hydrogens (tertiary/aromatic N) is 1. The number of hydrogen-bond donors (Lipinski definition) is 2. The van der Waals surface area contributed by atoms with Crippen LogP contribution in [0.15, 0.2) is 47.8 Å². The number of amides is 1. The van der Waals surface area contributed by atoms with Crippen molar-refractivity contribution in [3.05, 3.63) is 53.4 Å². The van der Waals surface area contributed by atoms with E-state index in [1.54, 1.807) is 23.1 Å². The van der Waals surface area contributed by atoms with Crippen LogP contribution in [0.5, 0.6) is 5.75 Å². The monoisotopic (exact) mass is 368 g/mol. The maximum atomic E-state index is 13.4. The zero-order valence-electron chi connectivity index (χ0n) is 15.2. The minimum Gasteiger partial charge on any atom is -0.508 e. The van der Waals surface area contributed by atoms with Crippen LogP contribution < -0.4 is 5.32 Å². The van der Waals surface area contributed by atoms with Gasteiger partial charge >= 0.3 is 0 Å². The van der Waals surface area contributed by atoms with Crippen LogP contribution in [0, 0.1) is 5.92 Å².